The van der Waals surface area contributed by atoms with Crippen molar-refractivity contribution in [3.8, 4) is 0 Å². The van der Waals surface area contributed by atoms with Crippen molar-refractivity contribution in [2.45, 2.75) is 71.9 Å². The molecule has 3 atom stereocenters. The van der Waals surface area contributed by atoms with Gasteiger partial charge in [0.2, 0.25) is 0 Å². The Balaban J connectivity index is 1.67. The number of pyridine rings is 1. The third kappa shape index (κ3) is 4.89. The van der Waals surface area contributed by atoms with Crippen LogP contribution in [-0.2, 0) is 9.53 Å². The summed E-state index contributed by atoms with van der Waals surface area (Å²) in [7, 11) is 0. The number of fused-ring (bicyclic) bond motifs is 1. The number of hydrogen-bond acceptors (Lipinski definition) is 4. The fraction of sp³-hybridized carbons (Fsp3) is 0.583. The van der Waals surface area contributed by atoms with Crippen LogP contribution in [0.5, 0.6) is 0 Å². The summed E-state index contributed by atoms with van der Waals surface area (Å²) >= 11 is 1.48. The minimum Gasteiger partial charge on any atom is -0.461 e. The van der Waals surface area contributed by atoms with Gasteiger partial charge in [-0.15, -0.1) is 0 Å². The molecule has 3 nitrogen and oxygen atoms in total. The standard InChI is InChI=1S/C24H33NO2S/c1-14(2)19-8-7-15(3)11-21(19)27-23(26)13-28-22-12-17(5)20-10-16(4)9-18(6)24(20)25-22/h9-10,12,14-15,19,21H,7-8,11,13H2,1-6H3/t15-,19-,21+/m1/s1. The van der Waals surface area contributed by atoms with Gasteiger partial charge in [0.1, 0.15) is 6.10 Å². The highest BCUT2D eigenvalue weighted by Crippen LogP contribution is 2.35. The summed E-state index contributed by atoms with van der Waals surface area (Å²) in [5.74, 6) is 1.87. The maximum atomic E-state index is 12.5. The predicted molar refractivity (Wildman–Crippen MR) is 118 cm³/mol. The summed E-state index contributed by atoms with van der Waals surface area (Å²) in [6, 6.07) is 6.43. The zero-order chi connectivity index (χ0) is 20.4. The third-order valence-corrected chi connectivity index (χ3v) is 6.90. The van der Waals surface area contributed by atoms with E-state index in [4.69, 9.17) is 9.72 Å². The van der Waals surface area contributed by atoms with Crippen LogP contribution in [0.15, 0.2) is 23.2 Å². The molecule has 0 amide bonds. The zero-order valence-corrected chi connectivity index (χ0v) is 18.9. The first-order chi connectivity index (χ1) is 13.2. The van der Waals surface area contributed by atoms with Gasteiger partial charge in [-0.3, -0.25) is 4.79 Å². The Labute approximate surface area is 173 Å². The minimum absolute atomic E-state index is 0.0633. The molecule has 1 heterocycles. The molecule has 2 aromatic rings. The van der Waals surface area contributed by atoms with Crippen molar-refractivity contribution in [1.29, 1.82) is 0 Å². The lowest BCUT2D eigenvalue weighted by Gasteiger charge is -2.36. The number of benzene rings is 1. The van der Waals surface area contributed by atoms with Crippen molar-refractivity contribution in [1.82, 2.24) is 4.98 Å². The molecular formula is C24H33NO2S. The highest BCUT2D eigenvalue weighted by molar-refractivity contribution is 7.99. The summed E-state index contributed by atoms with van der Waals surface area (Å²) in [6.45, 7) is 13.1. The van der Waals surface area contributed by atoms with Crippen LogP contribution in [0, 0.1) is 38.5 Å². The van der Waals surface area contributed by atoms with Gasteiger partial charge in [0, 0.05) is 5.39 Å². The fourth-order valence-electron chi connectivity index (χ4n) is 4.47. The van der Waals surface area contributed by atoms with Gasteiger partial charge in [-0.25, -0.2) is 4.98 Å². The summed E-state index contributed by atoms with van der Waals surface area (Å²) in [5.41, 5.74) is 4.66. The molecule has 0 unspecified atom stereocenters. The third-order valence-electron chi connectivity index (χ3n) is 6.01. The molecule has 0 radical (unpaired) electrons. The lowest BCUT2D eigenvalue weighted by Crippen LogP contribution is -2.36. The van der Waals surface area contributed by atoms with E-state index in [9.17, 15) is 4.79 Å². The van der Waals surface area contributed by atoms with E-state index < -0.39 is 0 Å². The van der Waals surface area contributed by atoms with Gasteiger partial charge < -0.3 is 4.74 Å². The number of aromatic nitrogens is 1. The highest BCUT2D eigenvalue weighted by atomic mass is 32.2. The van der Waals surface area contributed by atoms with Crippen molar-refractivity contribution < 1.29 is 9.53 Å². The van der Waals surface area contributed by atoms with Gasteiger partial charge >= 0.3 is 5.97 Å². The molecule has 0 spiro atoms. The van der Waals surface area contributed by atoms with Crippen molar-refractivity contribution in [3.05, 3.63) is 34.9 Å². The van der Waals surface area contributed by atoms with E-state index in [-0.39, 0.29) is 12.1 Å². The smallest absolute Gasteiger partial charge is 0.316 e. The molecular weight excluding hydrogens is 366 g/mol. The lowest BCUT2D eigenvalue weighted by atomic mass is 9.75. The van der Waals surface area contributed by atoms with E-state index in [0.29, 0.717) is 23.5 Å². The van der Waals surface area contributed by atoms with Gasteiger partial charge in [0.25, 0.3) is 0 Å². The molecule has 0 aliphatic heterocycles. The molecule has 1 aromatic carbocycles. The first kappa shape index (κ1) is 21.2. The molecule has 4 heteroatoms. The summed E-state index contributed by atoms with van der Waals surface area (Å²) < 4.78 is 5.93. The summed E-state index contributed by atoms with van der Waals surface area (Å²) in [6.07, 6.45) is 3.46. The first-order valence-electron chi connectivity index (χ1n) is 10.5. The maximum absolute atomic E-state index is 12.5. The Bertz CT molecular complexity index is 861. The second kappa shape index (κ2) is 8.86. The van der Waals surface area contributed by atoms with E-state index in [1.54, 1.807) is 0 Å². The Hall–Kier alpha value is -1.55. The molecule has 0 bridgehead atoms. The average Bonchev–Trinajstić information content (AvgIpc) is 2.60. The van der Waals surface area contributed by atoms with E-state index in [0.717, 1.165) is 23.4 Å². The molecule has 0 saturated heterocycles. The minimum atomic E-state index is -0.116. The van der Waals surface area contributed by atoms with Crippen LogP contribution in [0.3, 0.4) is 0 Å². The summed E-state index contributed by atoms with van der Waals surface area (Å²) in [4.78, 5) is 17.4. The molecule has 1 saturated carbocycles. The largest absolute Gasteiger partial charge is 0.461 e. The van der Waals surface area contributed by atoms with Crippen LogP contribution in [0.2, 0.25) is 0 Å². The van der Waals surface area contributed by atoms with E-state index in [1.807, 2.05) is 0 Å². The van der Waals surface area contributed by atoms with Crippen LogP contribution < -0.4 is 0 Å². The second-order valence-corrected chi connectivity index (χ2v) is 9.89. The van der Waals surface area contributed by atoms with Crippen LogP contribution in [0.4, 0.5) is 0 Å². The van der Waals surface area contributed by atoms with Crippen molar-refractivity contribution in [3.63, 3.8) is 0 Å². The number of nitrogens with zero attached hydrogens (tertiary/aromatic N) is 1. The van der Waals surface area contributed by atoms with Gasteiger partial charge in [0.05, 0.1) is 16.3 Å². The fourth-order valence-corrected chi connectivity index (χ4v) is 5.22. The molecule has 28 heavy (non-hydrogen) atoms. The Morgan fingerprint density at radius 3 is 2.64 bits per heavy atom. The van der Waals surface area contributed by atoms with E-state index >= 15 is 0 Å². The van der Waals surface area contributed by atoms with Gasteiger partial charge in [-0.05, 0) is 74.6 Å². The van der Waals surface area contributed by atoms with Gasteiger partial charge in [-0.1, -0.05) is 50.6 Å². The number of ether oxygens (including phenoxy) is 1. The number of thioether (sulfide) groups is 1. The first-order valence-corrected chi connectivity index (χ1v) is 11.4. The van der Waals surface area contributed by atoms with E-state index in [1.165, 1.54) is 40.3 Å². The van der Waals surface area contributed by atoms with Gasteiger partial charge in [0.15, 0.2) is 0 Å². The molecule has 3 rings (SSSR count). The second-order valence-electron chi connectivity index (χ2n) is 8.90. The molecule has 1 aliphatic carbocycles. The molecule has 152 valence electrons. The Morgan fingerprint density at radius 2 is 1.93 bits per heavy atom. The quantitative estimate of drug-likeness (QED) is 0.440. The monoisotopic (exact) mass is 399 g/mol. The van der Waals surface area contributed by atoms with Crippen LogP contribution in [-0.4, -0.2) is 22.8 Å². The molecule has 1 aromatic heterocycles. The van der Waals surface area contributed by atoms with Crippen molar-refractivity contribution in [2.75, 3.05) is 5.75 Å². The SMILES string of the molecule is Cc1cc(C)c2nc(SCC(=O)O[C@H]3C[C@H](C)CC[C@@H]3C(C)C)cc(C)c2c1. The lowest BCUT2D eigenvalue weighted by molar-refractivity contribution is -0.152. The predicted octanol–water partition coefficient (Wildman–Crippen LogP) is 6.26. The maximum Gasteiger partial charge on any atom is 0.316 e. The molecule has 0 N–H and O–H groups in total. The number of hydrogen-bond donors (Lipinski definition) is 0. The summed E-state index contributed by atoms with van der Waals surface area (Å²) in [5, 5.41) is 2.09. The molecule has 1 fully saturated rings. The number of aryl methyl sites for hydroxylation is 3. The molecule has 1 aliphatic rings. The average molecular weight is 400 g/mol. The number of rotatable bonds is 5. The number of carbonyl (C=O) groups excluding carboxylic acids is 1. The Kier molecular flexibility index (Phi) is 6.69. The topological polar surface area (TPSA) is 39.2 Å². The van der Waals surface area contributed by atoms with Crippen LogP contribution >= 0.6 is 11.8 Å². The van der Waals surface area contributed by atoms with Crippen LogP contribution in [0.1, 0.15) is 56.7 Å². The number of esters is 1. The normalized spacial score (nSPS) is 22.6. The number of carbonyl (C=O) groups is 1. The highest BCUT2D eigenvalue weighted by Gasteiger charge is 2.33. The van der Waals surface area contributed by atoms with Gasteiger partial charge in [-0.2, -0.15) is 0 Å². The van der Waals surface area contributed by atoms with E-state index in [2.05, 4.69) is 59.7 Å². The van der Waals surface area contributed by atoms with Crippen molar-refractivity contribution >= 4 is 28.6 Å². The van der Waals surface area contributed by atoms with Crippen molar-refractivity contribution in [2.24, 2.45) is 17.8 Å². The van der Waals surface area contributed by atoms with Crippen LogP contribution in [0.25, 0.3) is 10.9 Å². The zero-order valence-electron chi connectivity index (χ0n) is 18.0. The Morgan fingerprint density at radius 1 is 1.18 bits per heavy atom.